The van der Waals surface area contributed by atoms with Crippen molar-refractivity contribution in [2.75, 3.05) is 7.05 Å². The fraction of sp³-hybridized carbons (Fsp3) is 0.167. The number of rotatable bonds is 4. The first kappa shape index (κ1) is 15.1. The molecular formula is C18H16FNO3. The molecule has 3 rings (SSSR count). The van der Waals surface area contributed by atoms with Crippen molar-refractivity contribution in [1.82, 2.24) is 4.90 Å². The van der Waals surface area contributed by atoms with Crippen molar-refractivity contribution in [3.63, 3.8) is 0 Å². The number of halogens is 1. The molecule has 1 aromatic carbocycles. The third-order valence-corrected chi connectivity index (χ3v) is 3.81. The largest absolute Gasteiger partial charge is 0.467 e. The van der Waals surface area contributed by atoms with Crippen LogP contribution in [0.5, 0.6) is 0 Å². The molecule has 2 aromatic heterocycles. The van der Waals surface area contributed by atoms with Gasteiger partial charge in [0.05, 0.1) is 17.9 Å². The van der Waals surface area contributed by atoms with E-state index in [2.05, 4.69) is 0 Å². The Morgan fingerprint density at radius 1 is 1.13 bits per heavy atom. The predicted octanol–water partition coefficient (Wildman–Crippen LogP) is 4.51. The summed E-state index contributed by atoms with van der Waals surface area (Å²) in [6.45, 7) is 1.86. The van der Waals surface area contributed by atoms with Crippen LogP contribution in [0.15, 0.2) is 63.6 Å². The van der Waals surface area contributed by atoms with Crippen molar-refractivity contribution in [1.29, 1.82) is 0 Å². The molecule has 2 heterocycles. The molecule has 0 radical (unpaired) electrons. The fourth-order valence-electron chi connectivity index (χ4n) is 2.33. The zero-order chi connectivity index (χ0) is 16.4. The molecule has 0 aliphatic heterocycles. The van der Waals surface area contributed by atoms with Crippen LogP contribution in [0.3, 0.4) is 0 Å². The Labute approximate surface area is 133 Å². The standard InChI is InChI=1S/C18H16FNO3/c1-12(15-8-5-11-22-15)20(2)18(21)17-10-9-16(23-17)13-6-3-4-7-14(13)19/h3-12H,1-2H3. The Hall–Kier alpha value is -2.82. The van der Waals surface area contributed by atoms with Crippen LogP contribution in [-0.2, 0) is 0 Å². The molecule has 0 N–H and O–H groups in total. The third-order valence-electron chi connectivity index (χ3n) is 3.81. The van der Waals surface area contributed by atoms with Gasteiger partial charge in [-0.3, -0.25) is 4.79 Å². The minimum atomic E-state index is -0.391. The summed E-state index contributed by atoms with van der Waals surface area (Å²) in [5.74, 6) is 0.478. The monoisotopic (exact) mass is 313 g/mol. The van der Waals surface area contributed by atoms with Crippen molar-refractivity contribution in [3.05, 3.63) is 72.1 Å². The highest BCUT2D eigenvalue weighted by molar-refractivity contribution is 5.92. The fourth-order valence-corrected chi connectivity index (χ4v) is 2.33. The van der Waals surface area contributed by atoms with Gasteiger partial charge in [-0.2, -0.15) is 0 Å². The molecule has 0 bridgehead atoms. The van der Waals surface area contributed by atoms with E-state index < -0.39 is 5.82 Å². The summed E-state index contributed by atoms with van der Waals surface area (Å²) in [4.78, 5) is 14.0. The number of hydrogen-bond acceptors (Lipinski definition) is 3. The van der Waals surface area contributed by atoms with Crippen LogP contribution in [0.25, 0.3) is 11.3 Å². The number of hydrogen-bond donors (Lipinski definition) is 0. The summed E-state index contributed by atoms with van der Waals surface area (Å²) in [5, 5.41) is 0. The predicted molar refractivity (Wildman–Crippen MR) is 83.3 cm³/mol. The molecule has 5 heteroatoms. The van der Waals surface area contributed by atoms with E-state index in [1.54, 1.807) is 55.8 Å². The first-order valence-corrected chi connectivity index (χ1v) is 7.23. The van der Waals surface area contributed by atoms with E-state index in [9.17, 15) is 9.18 Å². The van der Waals surface area contributed by atoms with Crippen molar-refractivity contribution in [2.45, 2.75) is 13.0 Å². The normalized spacial score (nSPS) is 12.1. The van der Waals surface area contributed by atoms with Crippen molar-refractivity contribution in [2.24, 2.45) is 0 Å². The van der Waals surface area contributed by atoms with E-state index in [0.717, 1.165) is 0 Å². The molecule has 118 valence electrons. The van der Waals surface area contributed by atoms with E-state index in [0.29, 0.717) is 17.1 Å². The van der Waals surface area contributed by atoms with E-state index in [1.165, 1.54) is 11.0 Å². The Morgan fingerprint density at radius 3 is 2.61 bits per heavy atom. The second-order valence-corrected chi connectivity index (χ2v) is 5.25. The Morgan fingerprint density at radius 2 is 1.91 bits per heavy atom. The highest BCUT2D eigenvalue weighted by Gasteiger charge is 2.23. The van der Waals surface area contributed by atoms with Crippen LogP contribution in [0.4, 0.5) is 4.39 Å². The number of nitrogens with zero attached hydrogens (tertiary/aromatic N) is 1. The SMILES string of the molecule is CC(c1ccco1)N(C)C(=O)c1ccc(-c2ccccc2F)o1. The van der Waals surface area contributed by atoms with Gasteiger partial charge in [-0.1, -0.05) is 12.1 Å². The summed E-state index contributed by atoms with van der Waals surface area (Å²) in [5.41, 5.74) is 0.327. The molecule has 0 aliphatic carbocycles. The maximum Gasteiger partial charge on any atom is 0.289 e. The van der Waals surface area contributed by atoms with Crippen LogP contribution < -0.4 is 0 Å². The van der Waals surface area contributed by atoms with Crippen LogP contribution in [0.2, 0.25) is 0 Å². The number of carbonyl (C=O) groups excluding carboxylic acids is 1. The van der Waals surface area contributed by atoms with Gasteiger partial charge in [0.15, 0.2) is 5.76 Å². The molecule has 1 unspecified atom stereocenters. The topological polar surface area (TPSA) is 46.6 Å². The van der Waals surface area contributed by atoms with Gasteiger partial charge in [0.2, 0.25) is 0 Å². The van der Waals surface area contributed by atoms with Gasteiger partial charge >= 0.3 is 0 Å². The number of benzene rings is 1. The molecular weight excluding hydrogens is 297 g/mol. The van der Waals surface area contributed by atoms with E-state index in [1.807, 2.05) is 6.92 Å². The second kappa shape index (κ2) is 6.12. The first-order chi connectivity index (χ1) is 11.1. The molecule has 4 nitrogen and oxygen atoms in total. The summed E-state index contributed by atoms with van der Waals surface area (Å²) >= 11 is 0. The highest BCUT2D eigenvalue weighted by Crippen LogP contribution is 2.27. The zero-order valence-corrected chi connectivity index (χ0v) is 12.8. The lowest BCUT2D eigenvalue weighted by Crippen LogP contribution is -2.29. The average molecular weight is 313 g/mol. The lowest BCUT2D eigenvalue weighted by atomic mass is 10.1. The summed E-state index contributed by atoms with van der Waals surface area (Å²) in [7, 11) is 1.67. The summed E-state index contributed by atoms with van der Waals surface area (Å²) in [6.07, 6.45) is 1.56. The second-order valence-electron chi connectivity index (χ2n) is 5.25. The average Bonchev–Trinajstić information content (AvgIpc) is 3.24. The molecule has 23 heavy (non-hydrogen) atoms. The third kappa shape index (κ3) is 2.90. The van der Waals surface area contributed by atoms with Crippen molar-refractivity contribution in [3.8, 4) is 11.3 Å². The minimum absolute atomic E-state index is 0.157. The molecule has 0 spiro atoms. The Kier molecular flexibility index (Phi) is 4.02. The summed E-state index contributed by atoms with van der Waals surface area (Å²) < 4.78 is 24.6. The van der Waals surface area contributed by atoms with Gasteiger partial charge in [-0.15, -0.1) is 0 Å². The zero-order valence-electron chi connectivity index (χ0n) is 12.8. The molecule has 1 amide bonds. The highest BCUT2D eigenvalue weighted by atomic mass is 19.1. The quantitative estimate of drug-likeness (QED) is 0.712. The maximum absolute atomic E-state index is 13.8. The Balaban J connectivity index is 1.83. The number of carbonyl (C=O) groups is 1. The van der Waals surface area contributed by atoms with Gasteiger partial charge in [0.1, 0.15) is 17.3 Å². The lowest BCUT2D eigenvalue weighted by molar-refractivity contribution is 0.0695. The van der Waals surface area contributed by atoms with Crippen LogP contribution in [-0.4, -0.2) is 17.9 Å². The molecule has 0 saturated heterocycles. The Bertz CT molecular complexity index is 807. The maximum atomic E-state index is 13.8. The molecule has 1 atom stereocenters. The van der Waals surface area contributed by atoms with E-state index >= 15 is 0 Å². The molecule has 0 saturated carbocycles. The van der Waals surface area contributed by atoms with E-state index in [4.69, 9.17) is 8.83 Å². The van der Waals surface area contributed by atoms with Gasteiger partial charge in [-0.25, -0.2) is 4.39 Å². The van der Waals surface area contributed by atoms with Gasteiger partial charge in [0, 0.05) is 7.05 Å². The molecule has 0 aliphatic rings. The van der Waals surface area contributed by atoms with E-state index in [-0.39, 0.29) is 17.7 Å². The van der Waals surface area contributed by atoms with Gasteiger partial charge in [0.25, 0.3) is 5.91 Å². The lowest BCUT2D eigenvalue weighted by Gasteiger charge is -2.22. The molecule has 3 aromatic rings. The number of amides is 1. The summed E-state index contributed by atoms with van der Waals surface area (Å²) in [6, 6.07) is 12.8. The van der Waals surface area contributed by atoms with Crippen molar-refractivity contribution < 1.29 is 18.0 Å². The van der Waals surface area contributed by atoms with Crippen molar-refractivity contribution >= 4 is 5.91 Å². The van der Waals surface area contributed by atoms with Crippen LogP contribution in [0.1, 0.15) is 29.3 Å². The molecule has 0 fully saturated rings. The number of furan rings is 2. The van der Waals surface area contributed by atoms with Gasteiger partial charge in [-0.05, 0) is 43.3 Å². The first-order valence-electron chi connectivity index (χ1n) is 7.23. The van der Waals surface area contributed by atoms with Gasteiger partial charge < -0.3 is 13.7 Å². The van der Waals surface area contributed by atoms with Crippen LogP contribution >= 0.6 is 0 Å². The minimum Gasteiger partial charge on any atom is -0.467 e. The van der Waals surface area contributed by atoms with Crippen LogP contribution in [0, 0.1) is 5.82 Å². The smallest absolute Gasteiger partial charge is 0.289 e.